The zero-order valence-corrected chi connectivity index (χ0v) is 11.9. The van der Waals surface area contributed by atoms with Crippen molar-refractivity contribution in [2.45, 2.75) is 30.1 Å². The second-order valence-electron chi connectivity index (χ2n) is 4.05. The fourth-order valence-electron chi connectivity index (χ4n) is 1.52. The van der Waals surface area contributed by atoms with E-state index in [-0.39, 0.29) is 15.5 Å². The van der Waals surface area contributed by atoms with Crippen molar-refractivity contribution in [1.82, 2.24) is 14.9 Å². The molecule has 2 rings (SSSR count). The summed E-state index contributed by atoms with van der Waals surface area (Å²) in [6, 6.07) is 3.42. The predicted molar refractivity (Wildman–Crippen MR) is 71.1 cm³/mol. The quantitative estimate of drug-likeness (QED) is 0.824. The van der Waals surface area contributed by atoms with Crippen LogP contribution in [0.3, 0.4) is 0 Å². The predicted octanol–water partition coefficient (Wildman–Crippen LogP) is 1.01. The Labute approximate surface area is 114 Å². The van der Waals surface area contributed by atoms with E-state index in [1.807, 2.05) is 6.07 Å². The standard InChI is InChI=1S/C10H14N4O3S2/c1-7(4-5-8-3-2-6-17-8)14-19(15,16)10-13-12-9(11)18-10/h2-3,6-7,14H,4-5H2,1H3,(H2,11,12). The van der Waals surface area contributed by atoms with Crippen molar-refractivity contribution in [3.63, 3.8) is 0 Å². The minimum atomic E-state index is -3.65. The molecule has 19 heavy (non-hydrogen) atoms. The van der Waals surface area contributed by atoms with Gasteiger partial charge in [-0.05, 0) is 25.5 Å². The second kappa shape index (κ2) is 5.68. The Hall–Kier alpha value is -1.45. The molecule has 3 N–H and O–H groups in total. The Morgan fingerprint density at radius 3 is 2.89 bits per heavy atom. The maximum atomic E-state index is 11.9. The lowest BCUT2D eigenvalue weighted by Crippen LogP contribution is -2.32. The lowest BCUT2D eigenvalue weighted by Gasteiger charge is -2.11. The Bertz CT molecular complexity index is 621. The molecule has 0 amide bonds. The van der Waals surface area contributed by atoms with Crippen molar-refractivity contribution >= 4 is 26.5 Å². The number of nitrogens with zero attached hydrogens (tertiary/aromatic N) is 2. The molecule has 0 saturated carbocycles. The molecule has 2 heterocycles. The molecule has 1 atom stereocenters. The van der Waals surface area contributed by atoms with Crippen LogP contribution in [0.15, 0.2) is 27.2 Å². The van der Waals surface area contributed by atoms with Gasteiger partial charge in [-0.1, -0.05) is 11.3 Å². The summed E-state index contributed by atoms with van der Waals surface area (Å²) in [7, 11) is -3.65. The van der Waals surface area contributed by atoms with Crippen molar-refractivity contribution in [3.8, 4) is 0 Å². The normalized spacial score (nSPS) is 13.5. The molecular formula is C10H14N4O3S2. The van der Waals surface area contributed by atoms with E-state index in [9.17, 15) is 8.42 Å². The number of hydrogen-bond acceptors (Lipinski definition) is 7. The lowest BCUT2D eigenvalue weighted by molar-refractivity contribution is 0.480. The van der Waals surface area contributed by atoms with Gasteiger partial charge in [-0.15, -0.1) is 10.2 Å². The summed E-state index contributed by atoms with van der Waals surface area (Å²) in [5.74, 6) is 0.825. The summed E-state index contributed by atoms with van der Waals surface area (Å²) >= 11 is 0.839. The van der Waals surface area contributed by atoms with Gasteiger partial charge in [0.2, 0.25) is 9.47 Å². The van der Waals surface area contributed by atoms with E-state index in [0.717, 1.165) is 17.1 Å². The van der Waals surface area contributed by atoms with Gasteiger partial charge in [0.15, 0.2) is 0 Å². The lowest BCUT2D eigenvalue weighted by atomic mass is 10.2. The van der Waals surface area contributed by atoms with Crippen LogP contribution in [-0.4, -0.2) is 24.7 Å². The van der Waals surface area contributed by atoms with E-state index in [2.05, 4.69) is 14.9 Å². The van der Waals surface area contributed by atoms with Crippen molar-refractivity contribution in [1.29, 1.82) is 0 Å². The first-order valence-corrected chi connectivity index (χ1v) is 7.91. The average Bonchev–Trinajstić information content (AvgIpc) is 2.96. The molecule has 0 radical (unpaired) electrons. The third-order valence-corrected chi connectivity index (χ3v) is 5.12. The summed E-state index contributed by atoms with van der Waals surface area (Å²) in [6.07, 6.45) is 2.88. The molecule has 0 aliphatic rings. The summed E-state index contributed by atoms with van der Waals surface area (Å²) in [5.41, 5.74) is 5.37. The van der Waals surface area contributed by atoms with Gasteiger partial charge in [-0.2, -0.15) is 0 Å². The van der Waals surface area contributed by atoms with E-state index in [1.165, 1.54) is 0 Å². The number of hydrogen-bond donors (Lipinski definition) is 2. The summed E-state index contributed by atoms with van der Waals surface area (Å²) in [6.45, 7) is 1.78. The molecule has 0 aromatic carbocycles. The van der Waals surface area contributed by atoms with Crippen LogP contribution in [0.4, 0.5) is 5.13 Å². The monoisotopic (exact) mass is 302 g/mol. The minimum Gasteiger partial charge on any atom is -0.469 e. The number of anilines is 1. The molecule has 0 aliphatic heterocycles. The molecule has 2 aromatic heterocycles. The Balaban J connectivity index is 1.92. The SMILES string of the molecule is CC(CCc1ccco1)NS(=O)(=O)c1nnc(N)s1. The van der Waals surface area contributed by atoms with E-state index in [4.69, 9.17) is 10.2 Å². The first-order chi connectivity index (χ1) is 8.97. The minimum absolute atomic E-state index is 0.116. The second-order valence-corrected chi connectivity index (χ2v) is 6.94. The molecule has 0 saturated heterocycles. The maximum Gasteiger partial charge on any atom is 0.270 e. The first kappa shape index (κ1) is 14.0. The Morgan fingerprint density at radius 1 is 1.53 bits per heavy atom. The van der Waals surface area contributed by atoms with Gasteiger partial charge in [0.1, 0.15) is 5.76 Å². The molecular weight excluding hydrogens is 288 g/mol. The van der Waals surface area contributed by atoms with Crippen molar-refractivity contribution in [2.24, 2.45) is 0 Å². The third kappa shape index (κ3) is 3.75. The number of nitrogen functional groups attached to an aromatic ring is 1. The van der Waals surface area contributed by atoms with Crippen LogP contribution < -0.4 is 10.5 Å². The first-order valence-electron chi connectivity index (χ1n) is 5.61. The van der Waals surface area contributed by atoms with E-state index < -0.39 is 10.0 Å². The topological polar surface area (TPSA) is 111 Å². The largest absolute Gasteiger partial charge is 0.469 e. The average molecular weight is 302 g/mol. The number of sulfonamides is 1. The highest BCUT2D eigenvalue weighted by Crippen LogP contribution is 2.17. The molecule has 1 unspecified atom stereocenters. The number of aryl methyl sites for hydroxylation is 1. The van der Waals surface area contributed by atoms with Crippen molar-refractivity contribution in [3.05, 3.63) is 24.2 Å². The van der Waals surface area contributed by atoms with E-state index in [0.29, 0.717) is 12.8 Å². The van der Waals surface area contributed by atoms with Gasteiger partial charge in [-0.25, -0.2) is 13.1 Å². The maximum absolute atomic E-state index is 11.9. The summed E-state index contributed by atoms with van der Waals surface area (Å²) < 4.78 is 31.5. The Morgan fingerprint density at radius 2 is 2.32 bits per heavy atom. The smallest absolute Gasteiger partial charge is 0.270 e. The third-order valence-electron chi connectivity index (χ3n) is 2.41. The molecule has 104 valence electrons. The Kier molecular flexibility index (Phi) is 4.17. The van der Waals surface area contributed by atoms with Gasteiger partial charge in [0, 0.05) is 12.5 Å². The van der Waals surface area contributed by atoms with Gasteiger partial charge in [0.25, 0.3) is 10.0 Å². The van der Waals surface area contributed by atoms with E-state index in [1.54, 1.807) is 19.3 Å². The molecule has 7 nitrogen and oxygen atoms in total. The highest BCUT2D eigenvalue weighted by atomic mass is 32.2. The summed E-state index contributed by atoms with van der Waals surface area (Å²) in [4.78, 5) is 0. The number of nitrogens with one attached hydrogen (secondary N) is 1. The molecule has 0 bridgehead atoms. The highest BCUT2D eigenvalue weighted by molar-refractivity contribution is 7.91. The van der Waals surface area contributed by atoms with Crippen molar-refractivity contribution in [2.75, 3.05) is 5.73 Å². The number of furan rings is 1. The van der Waals surface area contributed by atoms with E-state index >= 15 is 0 Å². The molecule has 0 aliphatic carbocycles. The number of nitrogens with two attached hydrogens (primary N) is 1. The van der Waals surface area contributed by atoms with Crippen molar-refractivity contribution < 1.29 is 12.8 Å². The zero-order valence-electron chi connectivity index (χ0n) is 10.2. The van der Waals surface area contributed by atoms with Crippen LogP contribution in [0.1, 0.15) is 19.1 Å². The van der Waals surface area contributed by atoms with Gasteiger partial charge >= 0.3 is 0 Å². The molecule has 0 spiro atoms. The zero-order chi connectivity index (χ0) is 13.9. The van der Waals surface area contributed by atoms with Gasteiger partial charge < -0.3 is 10.2 Å². The molecule has 9 heteroatoms. The van der Waals surface area contributed by atoms with Crippen LogP contribution in [0.5, 0.6) is 0 Å². The van der Waals surface area contributed by atoms with Crippen LogP contribution in [0.2, 0.25) is 0 Å². The fourth-order valence-corrected chi connectivity index (χ4v) is 3.59. The van der Waals surface area contributed by atoms with Crippen LogP contribution in [-0.2, 0) is 16.4 Å². The van der Waals surface area contributed by atoms with Crippen LogP contribution >= 0.6 is 11.3 Å². The number of aromatic nitrogens is 2. The van der Waals surface area contributed by atoms with Crippen LogP contribution in [0.25, 0.3) is 0 Å². The number of rotatable bonds is 6. The van der Waals surface area contributed by atoms with Gasteiger partial charge in [0.05, 0.1) is 6.26 Å². The summed E-state index contributed by atoms with van der Waals surface area (Å²) in [5, 5.41) is 7.14. The molecule has 0 fully saturated rings. The highest BCUT2D eigenvalue weighted by Gasteiger charge is 2.21. The molecule has 2 aromatic rings. The fraction of sp³-hybridized carbons (Fsp3) is 0.400. The van der Waals surface area contributed by atoms with Gasteiger partial charge in [-0.3, -0.25) is 0 Å². The van der Waals surface area contributed by atoms with Crippen LogP contribution in [0, 0.1) is 0 Å².